The number of nitrogens with zero attached hydrogens (tertiary/aromatic N) is 1. The van der Waals surface area contributed by atoms with E-state index >= 15 is 0 Å². The molecular weight excluding hydrogens is 280 g/mol. The fourth-order valence-corrected chi connectivity index (χ4v) is 1.91. The molecular formula is C16H22N4O2. The van der Waals surface area contributed by atoms with E-state index in [0.29, 0.717) is 13.1 Å². The Balaban J connectivity index is 1.82. The zero-order valence-corrected chi connectivity index (χ0v) is 13.1. The number of alkyl carbamates (subject to hydrolysis) is 1. The molecule has 22 heavy (non-hydrogen) atoms. The molecule has 0 spiro atoms. The van der Waals surface area contributed by atoms with Crippen molar-refractivity contribution in [3.05, 3.63) is 30.3 Å². The summed E-state index contributed by atoms with van der Waals surface area (Å²) in [5.74, 6) is 0.753. The summed E-state index contributed by atoms with van der Waals surface area (Å²) < 4.78 is 5.15. The number of nitrogen functional groups attached to an aromatic ring is 1. The van der Waals surface area contributed by atoms with E-state index in [4.69, 9.17) is 10.5 Å². The molecule has 6 nitrogen and oxygen atoms in total. The highest BCUT2D eigenvalue weighted by Crippen LogP contribution is 2.17. The highest BCUT2D eigenvalue weighted by atomic mass is 16.6. The summed E-state index contributed by atoms with van der Waals surface area (Å²) in [4.78, 5) is 16.0. The number of rotatable bonds is 4. The largest absolute Gasteiger partial charge is 0.444 e. The monoisotopic (exact) mass is 302 g/mol. The Morgan fingerprint density at radius 1 is 1.23 bits per heavy atom. The normalized spacial score (nSPS) is 11.2. The SMILES string of the molecule is CC(C)(C)OC(=O)NCCNc1ccc2cc(N)ccc2n1. The van der Waals surface area contributed by atoms with Crippen molar-refractivity contribution in [2.45, 2.75) is 26.4 Å². The molecule has 2 aromatic rings. The van der Waals surface area contributed by atoms with Gasteiger partial charge in [0.1, 0.15) is 11.4 Å². The third-order valence-electron chi connectivity index (χ3n) is 2.81. The molecule has 0 aliphatic carbocycles. The van der Waals surface area contributed by atoms with Crippen LogP contribution in [0.25, 0.3) is 10.9 Å². The number of carbonyl (C=O) groups is 1. The van der Waals surface area contributed by atoms with Crippen molar-refractivity contribution in [1.29, 1.82) is 0 Å². The number of amides is 1. The van der Waals surface area contributed by atoms with Gasteiger partial charge in [0, 0.05) is 24.2 Å². The lowest BCUT2D eigenvalue weighted by Gasteiger charge is -2.19. The van der Waals surface area contributed by atoms with Gasteiger partial charge in [-0.3, -0.25) is 0 Å². The van der Waals surface area contributed by atoms with Gasteiger partial charge in [0.15, 0.2) is 0 Å². The lowest BCUT2D eigenvalue weighted by Crippen LogP contribution is -2.35. The lowest BCUT2D eigenvalue weighted by atomic mass is 10.2. The number of aromatic nitrogens is 1. The zero-order chi connectivity index (χ0) is 16.2. The van der Waals surface area contributed by atoms with Crippen molar-refractivity contribution in [1.82, 2.24) is 10.3 Å². The topological polar surface area (TPSA) is 89.3 Å². The fraction of sp³-hybridized carbons (Fsp3) is 0.375. The minimum absolute atomic E-state index is 0.420. The number of carbonyl (C=O) groups excluding carboxylic acids is 1. The first-order chi connectivity index (χ1) is 10.3. The first-order valence-corrected chi connectivity index (χ1v) is 7.20. The van der Waals surface area contributed by atoms with Gasteiger partial charge in [0.25, 0.3) is 0 Å². The van der Waals surface area contributed by atoms with Gasteiger partial charge < -0.3 is 21.1 Å². The predicted molar refractivity (Wildman–Crippen MR) is 88.9 cm³/mol. The van der Waals surface area contributed by atoms with Crippen LogP contribution in [0.2, 0.25) is 0 Å². The number of pyridine rings is 1. The molecule has 118 valence electrons. The highest BCUT2D eigenvalue weighted by molar-refractivity contribution is 5.83. The smallest absolute Gasteiger partial charge is 0.407 e. The molecule has 1 aromatic heterocycles. The van der Waals surface area contributed by atoms with Crippen molar-refractivity contribution >= 4 is 28.5 Å². The molecule has 4 N–H and O–H groups in total. The van der Waals surface area contributed by atoms with Crippen LogP contribution >= 0.6 is 0 Å². The van der Waals surface area contributed by atoms with Gasteiger partial charge in [-0.25, -0.2) is 9.78 Å². The predicted octanol–water partition coefficient (Wildman–Crippen LogP) is 2.75. The average molecular weight is 302 g/mol. The van der Waals surface area contributed by atoms with Gasteiger partial charge in [-0.2, -0.15) is 0 Å². The number of nitrogens with one attached hydrogen (secondary N) is 2. The van der Waals surface area contributed by atoms with Gasteiger partial charge in [-0.15, -0.1) is 0 Å². The van der Waals surface area contributed by atoms with Gasteiger partial charge >= 0.3 is 6.09 Å². The van der Waals surface area contributed by atoms with E-state index in [1.165, 1.54) is 0 Å². The Morgan fingerprint density at radius 3 is 2.73 bits per heavy atom. The van der Waals surface area contributed by atoms with Gasteiger partial charge in [0.2, 0.25) is 0 Å². The highest BCUT2D eigenvalue weighted by Gasteiger charge is 2.15. The Hall–Kier alpha value is -2.50. The lowest BCUT2D eigenvalue weighted by molar-refractivity contribution is 0.0530. The first kappa shape index (κ1) is 15.9. The molecule has 0 saturated carbocycles. The van der Waals surface area contributed by atoms with Gasteiger partial charge in [0.05, 0.1) is 5.52 Å². The molecule has 0 radical (unpaired) electrons. The maximum Gasteiger partial charge on any atom is 0.407 e. The van der Waals surface area contributed by atoms with Crippen LogP contribution in [0, 0.1) is 0 Å². The van der Waals surface area contributed by atoms with Crippen molar-refractivity contribution in [3.63, 3.8) is 0 Å². The van der Waals surface area contributed by atoms with Crippen LogP contribution in [0.3, 0.4) is 0 Å². The minimum Gasteiger partial charge on any atom is -0.444 e. The van der Waals surface area contributed by atoms with Crippen LogP contribution in [0.5, 0.6) is 0 Å². The number of hydrogen-bond acceptors (Lipinski definition) is 5. The number of anilines is 2. The second-order valence-corrected chi connectivity index (χ2v) is 6.00. The summed E-state index contributed by atoms with van der Waals surface area (Å²) in [5, 5.41) is 6.84. The maximum atomic E-state index is 11.5. The molecule has 0 unspecified atom stereocenters. The van der Waals surface area contributed by atoms with Crippen LogP contribution < -0.4 is 16.4 Å². The van der Waals surface area contributed by atoms with Crippen molar-refractivity contribution in [2.24, 2.45) is 0 Å². The standard InChI is InChI=1S/C16H22N4O2/c1-16(2,3)22-15(21)19-9-8-18-14-7-4-11-10-12(17)5-6-13(11)20-14/h4-7,10H,8-9,17H2,1-3H3,(H,18,20)(H,19,21). The second kappa shape index (κ2) is 6.51. The van der Waals surface area contributed by atoms with E-state index in [-0.39, 0.29) is 0 Å². The number of hydrogen-bond donors (Lipinski definition) is 3. The number of benzene rings is 1. The fourth-order valence-electron chi connectivity index (χ4n) is 1.91. The quantitative estimate of drug-likeness (QED) is 0.597. The van der Waals surface area contributed by atoms with Crippen LogP contribution in [-0.4, -0.2) is 29.8 Å². The molecule has 0 aliphatic rings. The van der Waals surface area contributed by atoms with Gasteiger partial charge in [-0.05, 0) is 51.1 Å². The maximum absolute atomic E-state index is 11.5. The summed E-state index contributed by atoms with van der Waals surface area (Å²) in [6, 6.07) is 9.44. The zero-order valence-electron chi connectivity index (χ0n) is 13.1. The number of nitrogens with two attached hydrogens (primary N) is 1. The molecule has 0 saturated heterocycles. The van der Waals surface area contributed by atoms with Crippen molar-refractivity contribution in [2.75, 3.05) is 24.1 Å². The summed E-state index contributed by atoms with van der Waals surface area (Å²) in [5.41, 5.74) is 6.84. The molecule has 0 bridgehead atoms. The molecule has 0 aliphatic heterocycles. The van der Waals surface area contributed by atoms with Crippen LogP contribution in [-0.2, 0) is 4.74 Å². The van der Waals surface area contributed by atoms with E-state index < -0.39 is 11.7 Å². The van der Waals surface area contributed by atoms with Crippen LogP contribution in [0.15, 0.2) is 30.3 Å². The Labute approximate surface area is 130 Å². The molecule has 0 fully saturated rings. The third-order valence-corrected chi connectivity index (χ3v) is 2.81. The molecule has 6 heteroatoms. The summed E-state index contributed by atoms with van der Waals surface area (Å²) in [6.07, 6.45) is -0.420. The summed E-state index contributed by atoms with van der Waals surface area (Å²) in [7, 11) is 0. The summed E-state index contributed by atoms with van der Waals surface area (Å²) in [6.45, 7) is 6.51. The molecule has 1 aromatic carbocycles. The Kier molecular flexibility index (Phi) is 4.70. The Morgan fingerprint density at radius 2 is 2.00 bits per heavy atom. The first-order valence-electron chi connectivity index (χ1n) is 7.20. The van der Waals surface area contributed by atoms with E-state index in [1.54, 1.807) is 0 Å². The van der Waals surface area contributed by atoms with Crippen LogP contribution in [0.4, 0.5) is 16.3 Å². The minimum atomic E-state index is -0.487. The van der Waals surface area contributed by atoms with E-state index in [0.717, 1.165) is 22.4 Å². The molecule has 1 heterocycles. The molecule has 1 amide bonds. The average Bonchev–Trinajstić information content (AvgIpc) is 2.41. The second-order valence-electron chi connectivity index (χ2n) is 6.00. The van der Waals surface area contributed by atoms with E-state index in [2.05, 4.69) is 15.6 Å². The van der Waals surface area contributed by atoms with E-state index in [9.17, 15) is 4.79 Å². The molecule has 0 atom stereocenters. The number of ether oxygens (including phenoxy) is 1. The van der Waals surface area contributed by atoms with Crippen molar-refractivity contribution < 1.29 is 9.53 Å². The third kappa shape index (κ3) is 4.80. The van der Waals surface area contributed by atoms with E-state index in [1.807, 2.05) is 51.1 Å². The van der Waals surface area contributed by atoms with Crippen LogP contribution in [0.1, 0.15) is 20.8 Å². The number of fused-ring (bicyclic) bond motifs is 1. The Bertz CT molecular complexity index is 665. The summed E-state index contributed by atoms with van der Waals surface area (Å²) >= 11 is 0. The van der Waals surface area contributed by atoms with Gasteiger partial charge in [-0.1, -0.05) is 0 Å². The molecule has 2 rings (SSSR count). The van der Waals surface area contributed by atoms with Crippen molar-refractivity contribution in [3.8, 4) is 0 Å².